The molecule has 0 unspecified atom stereocenters. The van der Waals surface area contributed by atoms with E-state index in [9.17, 15) is 10.1 Å². The molecule has 2 aliphatic rings. The van der Waals surface area contributed by atoms with Gasteiger partial charge in [0.2, 0.25) is 5.91 Å². The topological polar surface area (TPSA) is 73.4 Å². The molecule has 1 aromatic heterocycles. The Hall–Kier alpha value is -1.58. The fourth-order valence-electron chi connectivity index (χ4n) is 3.35. The van der Waals surface area contributed by atoms with Crippen molar-refractivity contribution in [3.63, 3.8) is 0 Å². The lowest BCUT2D eigenvalue weighted by molar-refractivity contribution is -0.132. The number of anilines is 1. The van der Waals surface area contributed by atoms with Crippen LogP contribution in [0.3, 0.4) is 0 Å². The number of rotatable bonds is 2. The zero-order valence-corrected chi connectivity index (χ0v) is 13.6. The maximum absolute atomic E-state index is 12.5. The van der Waals surface area contributed by atoms with Crippen molar-refractivity contribution in [2.45, 2.75) is 38.6 Å². The Kier molecular flexibility index (Phi) is 4.65. The highest BCUT2D eigenvalue weighted by Gasteiger charge is 2.26. The summed E-state index contributed by atoms with van der Waals surface area (Å²) in [6.45, 7) is 3.87. The van der Waals surface area contributed by atoms with E-state index in [1.165, 1.54) is 24.2 Å². The third-order valence-electron chi connectivity index (χ3n) is 4.59. The number of carbonyl (C=O) groups is 1. The van der Waals surface area contributed by atoms with Gasteiger partial charge in [-0.3, -0.25) is 9.69 Å². The summed E-state index contributed by atoms with van der Waals surface area (Å²) in [6.07, 6.45) is 5.55. The molecule has 0 saturated carbocycles. The predicted octanol–water partition coefficient (Wildman–Crippen LogP) is 1.96. The molecule has 2 aliphatic heterocycles. The van der Waals surface area contributed by atoms with E-state index < -0.39 is 0 Å². The van der Waals surface area contributed by atoms with E-state index in [1.807, 2.05) is 4.90 Å². The lowest BCUT2D eigenvalue weighted by Crippen LogP contribution is -2.42. The highest BCUT2D eigenvalue weighted by Crippen LogP contribution is 2.34. The van der Waals surface area contributed by atoms with E-state index in [-0.39, 0.29) is 5.91 Å². The average molecular weight is 318 g/mol. The summed E-state index contributed by atoms with van der Waals surface area (Å²) in [5.74, 6) is 0.246. The second-order valence-electron chi connectivity index (χ2n) is 6.11. The number of hydrogen-bond donors (Lipinski definition) is 1. The van der Waals surface area contributed by atoms with Gasteiger partial charge < -0.3 is 10.6 Å². The monoisotopic (exact) mass is 318 g/mol. The molecule has 0 aromatic carbocycles. The van der Waals surface area contributed by atoms with Crippen LogP contribution in [0, 0.1) is 11.3 Å². The van der Waals surface area contributed by atoms with Gasteiger partial charge >= 0.3 is 0 Å². The first-order valence-corrected chi connectivity index (χ1v) is 8.81. The fourth-order valence-corrected chi connectivity index (χ4v) is 4.46. The molecule has 6 heteroatoms. The van der Waals surface area contributed by atoms with Gasteiger partial charge in [-0.15, -0.1) is 11.3 Å². The van der Waals surface area contributed by atoms with Crippen LogP contribution in [0.25, 0.3) is 0 Å². The van der Waals surface area contributed by atoms with Crippen molar-refractivity contribution in [1.82, 2.24) is 9.80 Å². The van der Waals surface area contributed by atoms with E-state index in [0.29, 0.717) is 17.1 Å². The number of carbonyl (C=O) groups excluding carboxylic acids is 1. The van der Waals surface area contributed by atoms with E-state index in [0.717, 1.165) is 55.9 Å². The molecular weight excluding hydrogens is 296 g/mol. The Morgan fingerprint density at radius 3 is 2.64 bits per heavy atom. The van der Waals surface area contributed by atoms with Gasteiger partial charge in [-0.2, -0.15) is 5.26 Å². The minimum absolute atomic E-state index is 0.246. The molecule has 1 aromatic rings. The number of amides is 1. The van der Waals surface area contributed by atoms with Gasteiger partial charge in [-0.25, -0.2) is 0 Å². The van der Waals surface area contributed by atoms with Crippen LogP contribution in [0.5, 0.6) is 0 Å². The second kappa shape index (κ2) is 6.67. The van der Waals surface area contributed by atoms with Crippen molar-refractivity contribution in [1.29, 1.82) is 5.26 Å². The molecule has 3 rings (SSSR count). The zero-order chi connectivity index (χ0) is 15.5. The van der Waals surface area contributed by atoms with Crippen LogP contribution in [-0.4, -0.2) is 41.9 Å². The lowest BCUT2D eigenvalue weighted by Gasteiger charge is -2.29. The molecule has 0 aliphatic carbocycles. The van der Waals surface area contributed by atoms with Crippen molar-refractivity contribution in [3.8, 4) is 6.07 Å². The van der Waals surface area contributed by atoms with Gasteiger partial charge in [-0.1, -0.05) is 12.8 Å². The summed E-state index contributed by atoms with van der Waals surface area (Å²) in [7, 11) is 0. The first kappa shape index (κ1) is 15.3. The van der Waals surface area contributed by atoms with Gasteiger partial charge in [0.1, 0.15) is 11.1 Å². The van der Waals surface area contributed by atoms with E-state index in [1.54, 1.807) is 0 Å². The molecule has 1 fully saturated rings. The summed E-state index contributed by atoms with van der Waals surface area (Å²) in [5, 5.41) is 9.79. The normalized spacial score (nSPS) is 19.3. The number of fused-ring (bicyclic) bond motifs is 1. The number of nitrogen functional groups attached to an aromatic ring is 1. The van der Waals surface area contributed by atoms with Crippen molar-refractivity contribution in [2.24, 2.45) is 0 Å². The van der Waals surface area contributed by atoms with Gasteiger partial charge in [0.15, 0.2) is 0 Å². The molecule has 1 amide bonds. The zero-order valence-electron chi connectivity index (χ0n) is 12.8. The van der Waals surface area contributed by atoms with Gasteiger partial charge in [-0.05, 0) is 24.8 Å². The molecule has 3 heterocycles. The van der Waals surface area contributed by atoms with Gasteiger partial charge in [0, 0.05) is 31.1 Å². The summed E-state index contributed by atoms with van der Waals surface area (Å²) in [5.41, 5.74) is 7.67. The van der Waals surface area contributed by atoms with Gasteiger partial charge in [0.05, 0.1) is 12.1 Å². The van der Waals surface area contributed by atoms with Crippen LogP contribution < -0.4 is 5.73 Å². The minimum Gasteiger partial charge on any atom is -0.389 e. The van der Waals surface area contributed by atoms with E-state index in [4.69, 9.17) is 5.73 Å². The highest BCUT2D eigenvalue weighted by atomic mass is 32.1. The molecule has 1 saturated heterocycles. The second-order valence-corrected chi connectivity index (χ2v) is 7.25. The Bertz CT molecular complexity index is 596. The average Bonchev–Trinajstić information content (AvgIpc) is 2.69. The molecule has 5 nitrogen and oxygen atoms in total. The largest absolute Gasteiger partial charge is 0.389 e. The van der Waals surface area contributed by atoms with E-state index >= 15 is 0 Å². The molecule has 22 heavy (non-hydrogen) atoms. The maximum Gasteiger partial charge on any atom is 0.236 e. The van der Waals surface area contributed by atoms with E-state index in [2.05, 4.69) is 11.0 Å². The molecular formula is C16H22N4OS. The molecule has 0 bridgehead atoms. The van der Waals surface area contributed by atoms with Crippen molar-refractivity contribution in [2.75, 3.05) is 31.9 Å². The number of likely N-dealkylation sites (tertiary alicyclic amines) is 1. The Morgan fingerprint density at radius 2 is 1.95 bits per heavy atom. The third-order valence-corrected chi connectivity index (χ3v) is 5.64. The SMILES string of the molecule is N#Cc1c(N)sc2c1CCN(CC(=O)N1CCCCCC1)C2. The summed E-state index contributed by atoms with van der Waals surface area (Å²) in [4.78, 5) is 17.8. The maximum atomic E-state index is 12.5. The molecule has 0 atom stereocenters. The molecule has 2 N–H and O–H groups in total. The minimum atomic E-state index is 0.246. The summed E-state index contributed by atoms with van der Waals surface area (Å²) in [6, 6.07) is 2.21. The standard InChI is InChI=1S/C16H22N4OS/c17-9-13-12-5-8-19(10-14(12)22-16(13)18)11-15(21)20-6-3-1-2-4-7-20/h1-8,10-11,18H2. The van der Waals surface area contributed by atoms with Crippen molar-refractivity contribution < 1.29 is 4.79 Å². The number of nitriles is 1. The molecule has 0 spiro atoms. The molecule has 0 radical (unpaired) electrons. The summed E-state index contributed by atoms with van der Waals surface area (Å²) >= 11 is 1.50. The molecule has 118 valence electrons. The van der Waals surface area contributed by atoms with Crippen LogP contribution in [0.1, 0.15) is 41.7 Å². The fraction of sp³-hybridized carbons (Fsp3) is 0.625. The number of thiophene rings is 1. The number of hydrogen-bond acceptors (Lipinski definition) is 5. The first-order chi connectivity index (χ1) is 10.7. The lowest BCUT2D eigenvalue weighted by atomic mass is 10.0. The Labute approximate surface area is 135 Å². The highest BCUT2D eigenvalue weighted by molar-refractivity contribution is 7.16. The van der Waals surface area contributed by atoms with Crippen LogP contribution in [0.15, 0.2) is 0 Å². The smallest absolute Gasteiger partial charge is 0.236 e. The summed E-state index contributed by atoms with van der Waals surface area (Å²) < 4.78 is 0. The van der Waals surface area contributed by atoms with Crippen molar-refractivity contribution in [3.05, 3.63) is 16.0 Å². The number of nitrogens with zero attached hydrogens (tertiary/aromatic N) is 3. The van der Waals surface area contributed by atoms with Crippen LogP contribution in [0.2, 0.25) is 0 Å². The predicted molar refractivity (Wildman–Crippen MR) is 87.5 cm³/mol. The van der Waals surface area contributed by atoms with Crippen LogP contribution in [-0.2, 0) is 17.8 Å². The van der Waals surface area contributed by atoms with Crippen molar-refractivity contribution >= 4 is 22.2 Å². The number of nitrogens with two attached hydrogens (primary N) is 1. The Morgan fingerprint density at radius 1 is 1.23 bits per heavy atom. The third kappa shape index (κ3) is 3.11. The van der Waals surface area contributed by atoms with Crippen LogP contribution in [0.4, 0.5) is 5.00 Å². The Balaban J connectivity index is 1.62. The first-order valence-electron chi connectivity index (χ1n) is 7.99. The van der Waals surface area contributed by atoms with Crippen LogP contribution >= 0.6 is 11.3 Å². The quantitative estimate of drug-likeness (QED) is 0.904. The van der Waals surface area contributed by atoms with Gasteiger partial charge in [0.25, 0.3) is 0 Å².